The van der Waals surface area contributed by atoms with Gasteiger partial charge < -0.3 is 0 Å². The average molecular weight is 708 g/mol. The molecule has 0 radical (unpaired) electrons. The lowest BCUT2D eigenvalue weighted by molar-refractivity contribution is -0.155. The summed E-state index contributed by atoms with van der Waals surface area (Å²) in [5, 5.41) is 59.2. The number of fused-ring (bicyclic) bond motifs is 2. The van der Waals surface area contributed by atoms with Crippen LogP contribution < -0.4 is 0 Å². The highest BCUT2D eigenvalue weighted by Crippen LogP contribution is 2.54. The number of nitriles is 6. The molecule has 2 aromatic heterocycles. The van der Waals surface area contributed by atoms with Crippen LogP contribution in [0.5, 0.6) is 0 Å². The van der Waals surface area contributed by atoms with E-state index in [9.17, 15) is 75.5 Å². The molecule has 0 saturated heterocycles. The molecule has 0 unspecified atom stereocenters. The second-order valence-corrected chi connectivity index (χ2v) is 9.67. The summed E-state index contributed by atoms with van der Waals surface area (Å²) in [6.45, 7) is 0. The van der Waals surface area contributed by atoms with Crippen LogP contribution in [0.1, 0.15) is 51.4 Å². The van der Waals surface area contributed by atoms with E-state index in [4.69, 9.17) is 0 Å². The van der Waals surface area contributed by atoms with Gasteiger partial charge in [0.05, 0.1) is 11.1 Å². The minimum absolute atomic E-state index is 0.445. The average Bonchev–Trinajstić information content (AvgIpc) is 3.55. The van der Waals surface area contributed by atoms with Crippen LogP contribution in [0.3, 0.4) is 0 Å². The molecule has 2 heterocycles. The SMILES string of the molecule is N#CC(C#N)=C1C(c2nc(F)nc(C(F)(F)F)n2)=C(C#N)c2cc3c(cc21)C(C#N)=C(c1nc(C(F)(F)F)nc(C(F)(F)F)n1)C3=C(C#N)C#N. The van der Waals surface area contributed by atoms with E-state index in [0.29, 0.717) is 0 Å². The summed E-state index contributed by atoms with van der Waals surface area (Å²) in [7, 11) is 0. The molecule has 2 aliphatic carbocycles. The minimum atomic E-state index is -5.62. The van der Waals surface area contributed by atoms with Crippen molar-refractivity contribution in [1.82, 2.24) is 29.9 Å². The van der Waals surface area contributed by atoms with Crippen molar-refractivity contribution in [2.24, 2.45) is 0 Å². The zero-order valence-electron chi connectivity index (χ0n) is 23.8. The van der Waals surface area contributed by atoms with Crippen molar-refractivity contribution < 1.29 is 43.9 Å². The molecule has 2 aliphatic rings. The molecule has 248 valence electrons. The quantitative estimate of drug-likeness (QED) is 0.229. The van der Waals surface area contributed by atoms with Crippen molar-refractivity contribution >= 4 is 33.4 Å². The summed E-state index contributed by atoms with van der Waals surface area (Å²) in [5.74, 6) is -9.52. The molecule has 1 aromatic carbocycles. The van der Waals surface area contributed by atoms with Crippen molar-refractivity contribution in [3.8, 4) is 36.4 Å². The van der Waals surface area contributed by atoms with Crippen molar-refractivity contribution in [3.63, 3.8) is 0 Å². The molecule has 22 heteroatoms. The monoisotopic (exact) mass is 708 g/mol. The highest BCUT2D eigenvalue weighted by atomic mass is 19.4. The van der Waals surface area contributed by atoms with Crippen LogP contribution in [0.25, 0.3) is 33.4 Å². The Hall–Kier alpha value is -7.56. The zero-order valence-corrected chi connectivity index (χ0v) is 23.8. The third-order valence-electron chi connectivity index (χ3n) is 6.86. The maximum Gasteiger partial charge on any atom is 0.451 e. The van der Waals surface area contributed by atoms with E-state index in [2.05, 4.69) is 29.9 Å². The summed E-state index contributed by atoms with van der Waals surface area (Å²) >= 11 is 0. The van der Waals surface area contributed by atoms with Crippen LogP contribution in [0.4, 0.5) is 43.9 Å². The first kappa shape index (κ1) is 34.8. The van der Waals surface area contributed by atoms with Gasteiger partial charge in [0.15, 0.2) is 11.6 Å². The fraction of sp³-hybridized carbons (Fsp3) is 0.103. The molecule has 5 rings (SSSR count). The van der Waals surface area contributed by atoms with Gasteiger partial charge in [-0.1, -0.05) is 0 Å². The highest BCUT2D eigenvalue weighted by Gasteiger charge is 2.45. The van der Waals surface area contributed by atoms with Crippen LogP contribution in [-0.4, -0.2) is 29.9 Å². The normalized spacial score (nSPS) is 13.7. The minimum Gasteiger partial charge on any atom is -0.204 e. The van der Waals surface area contributed by atoms with E-state index in [1.165, 1.54) is 30.3 Å². The summed E-state index contributed by atoms with van der Waals surface area (Å²) < 4.78 is 137. The smallest absolute Gasteiger partial charge is 0.204 e. The number of rotatable bonds is 2. The second kappa shape index (κ2) is 11.8. The zero-order chi connectivity index (χ0) is 37.8. The number of nitrogens with zero attached hydrogens (tertiary/aromatic N) is 12. The number of hydrogen-bond acceptors (Lipinski definition) is 12. The van der Waals surface area contributed by atoms with Gasteiger partial charge in [0, 0.05) is 33.4 Å². The Morgan fingerprint density at radius 2 is 0.804 bits per heavy atom. The fourth-order valence-corrected chi connectivity index (χ4v) is 5.02. The Bertz CT molecular complexity index is 2450. The van der Waals surface area contributed by atoms with E-state index in [0.717, 1.165) is 12.1 Å². The van der Waals surface area contributed by atoms with Crippen LogP contribution >= 0.6 is 0 Å². The van der Waals surface area contributed by atoms with Crippen LogP contribution in [0, 0.1) is 74.1 Å². The Labute approximate surface area is 274 Å². The van der Waals surface area contributed by atoms with Gasteiger partial charge in [-0.15, -0.1) is 0 Å². The van der Waals surface area contributed by atoms with E-state index < -0.39 is 121 Å². The molecule has 0 aliphatic heterocycles. The third kappa shape index (κ3) is 5.69. The van der Waals surface area contributed by atoms with Gasteiger partial charge in [-0.2, -0.15) is 85.4 Å². The molecule has 0 amide bonds. The molecule has 0 atom stereocenters. The van der Waals surface area contributed by atoms with E-state index >= 15 is 0 Å². The predicted molar refractivity (Wildman–Crippen MR) is 142 cm³/mol. The number of benzene rings is 1. The molecular formula is C29H2F10N12. The molecule has 3 aromatic rings. The molecule has 0 N–H and O–H groups in total. The first-order chi connectivity index (χ1) is 23.8. The van der Waals surface area contributed by atoms with Gasteiger partial charge in [0.25, 0.3) is 0 Å². The molecule has 0 spiro atoms. The maximum atomic E-state index is 14.3. The van der Waals surface area contributed by atoms with E-state index in [1.807, 2.05) is 0 Å². The number of alkyl halides is 9. The lowest BCUT2D eigenvalue weighted by atomic mass is 9.91. The predicted octanol–water partition coefficient (Wildman–Crippen LogP) is 5.75. The number of halogens is 10. The largest absolute Gasteiger partial charge is 0.451 e. The molecular weight excluding hydrogens is 706 g/mol. The molecule has 51 heavy (non-hydrogen) atoms. The first-order valence-electron chi connectivity index (χ1n) is 12.8. The highest BCUT2D eigenvalue weighted by molar-refractivity contribution is 6.29. The fourth-order valence-electron chi connectivity index (χ4n) is 5.02. The van der Waals surface area contributed by atoms with Crippen molar-refractivity contribution in [3.05, 3.63) is 80.7 Å². The molecule has 0 fully saturated rings. The molecule has 0 bridgehead atoms. The summed E-state index contributed by atoms with van der Waals surface area (Å²) in [6.07, 6.45) is -18.6. The number of allylic oxidation sites excluding steroid dienone is 8. The topological polar surface area (TPSA) is 220 Å². The van der Waals surface area contributed by atoms with E-state index in [-0.39, 0.29) is 0 Å². The van der Waals surface area contributed by atoms with Gasteiger partial charge in [-0.05, 0) is 23.3 Å². The summed E-state index contributed by atoms with van der Waals surface area (Å²) in [6, 6.07) is 10.4. The lowest BCUT2D eigenvalue weighted by Gasteiger charge is -2.13. The molecule has 0 saturated carbocycles. The Morgan fingerprint density at radius 1 is 0.471 bits per heavy atom. The van der Waals surface area contributed by atoms with Crippen molar-refractivity contribution in [2.45, 2.75) is 18.5 Å². The van der Waals surface area contributed by atoms with Gasteiger partial charge in [-0.3, -0.25) is 0 Å². The molecule has 12 nitrogen and oxygen atoms in total. The van der Waals surface area contributed by atoms with Gasteiger partial charge in [0.2, 0.25) is 17.5 Å². The van der Waals surface area contributed by atoms with Gasteiger partial charge in [0.1, 0.15) is 47.6 Å². The Morgan fingerprint density at radius 3 is 1.12 bits per heavy atom. The van der Waals surface area contributed by atoms with Crippen molar-refractivity contribution in [2.75, 3.05) is 0 Å². The maximum absolute atomic E-state index is 14.3. The standard InChI is InChI=1S/C29H2F10N12/c30-26-49-22(48-25(51-26)29(37,38)39)20-16(8-45)12-2-13-11(1-14(12)18(20)10(5-42)6-43)15(7-44)19(17(13)9(3-40)4-41)21-46-23(27(31,32)33)50-24(47-21)28(34,35)36/h1-2H. The van der Waals surface area contributed by atoms with Gasteiger partial charge in [-0.25, -0.2) is 19.9 Å². The lowest BCUT2D eigenvalue weighted by Crippen LogP contribution is -2.21. The van der Waals surface area contributed by atoms with Crippen LogP contribution in [-0.2, 0) is 18.5 Å². The van der Waals surface area contributed by atoms with Crippen LogP contribution in [0.2, 0.25) is 0 Å². The van der Waals surface area contributed by atoms with Crippen LogP contribution in [0.15, 0.2) is 23.3 Å². The number of hydrogen-bond donors (Lipinski definition) is 0. The summed E-state index contributed by atoms with van der Waals surface area (Å²) in [5.41, 5.74) is -8.85. The Kier molecular flexibility index (Phi) is 8.07. The van der Waals surface area contributed by atoms with Crippen molar-refractivity contribution in [1.29, 1.82) is 31.6 Å². The van der Waals surface area contributed by atoms with E-state index in [1.54, 1.807) is 6.07 Å². The third-order valence-corrected chi connectivity index (χ3v) is 6.86. The number of aromatic nitrogens is 6. The summed E-state index contributed by atoms with van der Waals surface area (Å²) in [4.78, 5) is 17.3. The van der Waals surface area contributed by atoms with Gasteiger partial charge >= 0.3 is 24.6 Å². The first-order valence-corrected chi connectivity index (χ1v) is 12.8. The second-order valence-electron chi connectivity index (χ2n) is 9.67. The Balaban J connectivity index is 1.95.